The molecule has 9 nitrogen and oxygen atoms in total. The van der Waals surface area contributed by atoms with Crippen molar-refractivity contribution in [3.8, 4) is 28.5 Å². The number of aromatic nitrogens is 8. The van der Waals surface area contributed by atoms with E-state index in [2.05, 4.69) is 59.3 Å². The Hall–Kier alpha value is -4.37. The standard InChI is InChI=1S/C28H27N9/c1-18-15-37(17-31-18)28-26-24(7-8-30-28)32-27(33-26)25-22-12-20(5-6-23(22)34-35-25)21-11-19(13-29-14-21)16-36-9-3-2-4-10-36/h5-8,11-15,17H,2-4,9-10,16H2,1H3,(H,32,33)(H,34,35). The van der Waals surface area contributed by atoms with E-state index in [4.69, 9.17) is 4.98 Å². The van der Waals surface area contributed by atoms with Crippen LogP contribution in [0.2, 0.25) is 0 Å². The largest absolute Gasteiger partial charge is 0.336 e. The Kier molecular flexibility index (Phi) is 5.28. The molecule has 1 aliphatic heterocycles. The number of H-pyrrole nitrogens is 2. The average Bonchev–Trinajstić information content (AvgIpc) is 3.66. The van der Waals surface area contributed by atoms with Gasteiger partial charge in [-0.05, 0) is 68.2 Å². The van der Waals surface area contributed by atoms with E-state index in [0.717, 1.165) is 56.8 Å². The van der Waals surface area contributed by atoms with Gasteiger partial charge in [-0.1, -0.05) is 12.5 Å². The first-order valence-electron chi connectivity index (χ1n) is 12.7. The van der Waals surface area contributed by atoms with Crippen LogP contribution in [-0.4, -0.2) is 57.7 Å². The smallest absolute Gasteiger partial charge is 0.166 e. The normalized spacial score (nSPS) is 14.6. The molecular formula is C28H27N9. The first-order chi connectivity index (χ1) is 18.2. The molecule has 7 rings (SSSR count). The van der Waals surface area contributed by atoms with Crippen molar-refractivity contribution in [3.05, 3.63) is 72.7 Å². The number of nitrogens with zero attached hydrogens (tertiary/aromatic N) is 7. The van der Waals surface area contributed by atoms with Crippen LogP contribution in [0.4, 0.5) is 0 Å². The van der Waals surface area contributed by atoms with Gasteiger partial charge in [-0.3, -0.25) is 19.5 Å². The Morgan fingerprint density at radius 3 is 2.73 bits per heavy atom. The molecule has 1 fully saturated rings. The summed E-state index contributed by atoms with van der Waals surface area (Å²) < 4.78 is 1.90. The van der Waals surface area contributed by atoms with Gasteiger partial charge in [-0.2, -0.15) is 5.10 Å². The minimum Gasteiger partial charge on any atom is -0.336 e. The van der Waals surface area contributed by atoms with E-state index in [1.807, 2.05) is 36.1 Å². The molecule has 1 aromatic carbocycles. The number of pyridine rings is 2. The van der Waals surface area contributed by atoms with Crippen molar-refractivity contribution in [2.75, 3.05) is 13.1 Å². The average molecular weight is 490 g/mol. The van der Waals surface area contributed by atoms with Gasteiger partial charge >= 0.3 is 0 Å². The Balaban J connectivity index is 1.26. The maximum absolute atomic E-state index is 4.91. The number of nitrogens with one attached hydrogen (secondary N) is 2. The summed E-state index contributed by atoms with van der Waals surface area (Å²) in [6.07, 6.45) is 13.3. The highest BCUT2D eigenvalue weighted by atomic mass is 15.2. The highest BCUT2D eigenvalue weighted by molar-refractivity contribution is 5.96. The Morgan fingerprint density at radius 2 is 1.86 bits per heavy atom. The lowest BCUT2D eigenvalue weighted by Crippen LogP contribution is -2.29. The molecule has 0 amide bonds. The summed E-state index contributed by atoms with van der Waals surface area (Å²) in [5, 5.41) is 8.78. The summed E-state index contributed by atoms with van der Waals surface area (Å²) in [4.78, 5) is 24.3. The summed E-state index contributed by atoms with van der Waals surface area (Å²) in [5.74, 6) is 1.43. The maximum Gasteiger partial charge on any atom is 0.166 e. The van der Waals surface area contributed by atoms with Crippen molar-refractivity contribution in [1.29, 1.82) is 0 Å². The monoisotopic (exact) mass is 489 g/mol. The number of rotatable bonds is 5. The second-order valence-corrected chi connectivity index (χ2v) is 9.79. The van der Waals surface area contributed by atoms with E-state index in [0.29, 0.717) is 5.82 Å². The van der Waals surface area contributed by atoms with Crippen molar-refractivity contribution in [3.63, 3.8) is 0 Å². The second kappa shape index (κ2) is 8.94. The van der Waals surface area contributed by atoms with Gasteiger partial charge in [-0.25, -0.2) is 15.0 Å². The lowest BCUT2D eigenvalue weighted by Gasteiger charge is -2.26. The molecule has 6 aromatic rings. The molecule has 184 valence electrons. The van der Waals surface area contributed by atoms with Crippen LogP contribution in [0.25, 0.3) is 50.4 Å². The number of benzene rings is 1. The number of aromatic amines is 2. The fourth-order valence-corrected chi connectivity index (χ4v) is 5.24. The second-order valence-electron chi connectivity index (χ2n) is 9.79. The van der Waals surface area contributed by atoms with E-state index in [9.17, 15) is 0 Å². The van der Waals surface area contributed by atoms with Gasteiger partial charge in [0.15, 0.2) is 11.6 Å². The van der Waals surface area contributed by atoms with Crippen molar-refractivity contribution >= 4 is 21.9 Å². The highest BCUT2D eigenvalue weighted by Gasteiger charge is 2.17. The molecular weight excluding hydrogens is 462 g/mol. The fourth-order valence-electron chi connectivity index (χ4n) is 5.24. The molecule has 5 aromatic heterocycles. The Labute approximate surface area is 213 Å². The molecule has 0 spiro atoms. The lowest BCUT2D eigenvalue weighted by molar-refractivity contribution is 0.220. The van der Waals surface area contributed by atoms with Crippen molar-refractivity contribution in [1.82, 2.24) is 44.6 Å². The molecule has 0 unspecified atom stereocenters. The van der Waals surface area contributed by atoms with Crippen LogP contribution in [0.5, 0.6) is 0 Å². The summed E-state index contributed by atoms with van der Waals surface area (Å²) in [6.45, 7) is 5.25. The van der Waals surface area contributed by atoms with Crippen LogP contribution in [-0.2, 0) is 6.54 Å². The van der Waals surface area contributed by atoms with E-state index in [1.165, 1.54) is 37.9 Å². The van der Waals surface area contributed by atoms with Gasteiger partial charge in [0.25, 0.3) is 0 Å². The molecule has 1 saturated heterocycles. The van der Waals surface area contributed by atoms with Crippen molar-refractivity contribution in [2.45, 2.75) is 32.7 Å². The van der Waals surface area contributed by atoms with E-state index in [1.54, 1.807) is 12.5 Å². The number of imidazole rings is 2. The predicted molar refractivity (Wildman–Crippen MR) is 143 cm³/mol. The van der Waals surface area contributed by atoms with E-state index in [-0.39, 0.29) is 0 Å². The molecule has 9 heteroatoms. The minimum absolute atomic E-state index is 0.696. The van der Waals surface area contributed by atoms with Crippen LogP contribution < -0.4 is 0 Å². The predicted octanol–water partition coefficient (Wildman–Crippen LogP) is 5.04. The highest BCUT2D eigenvalue weighted by Crippen LogP contribution is 2.31. The topological polar surface area (TPSA) is 104 Å². The summed E-state index contributed by atoms with van der Waals surface area (Å²) in [6, 6.07) is 10.5. The Morgan fingerprint density at radius 1 is 0.946 bits per heavy atom. The number of hydrogen-bond acceptors (Lipinski definition) is 6. The van der Waals surface area contributed by atoms with Crippen LogP contribution in [0, 0.1) is 6.92 Å². The number of hydrogen-bond donors (Lipinski definition) is 2. The zero-order chi connectivity index (χ0) is 24.8. The van der Waals surface area contributed by atoms with Crippen LogP contribution in [0.3, 0.4) is 0 Å². The lowest BCUT2D eigenvalue weighted by atomic mass is 10.0. The van der Waals surface area contributed by atoms with E-state index < -0.39 is 0 Å². The molecule has 2 N–H and O–H groups in total. The molecule has 0 saturated carbocycles. The first-order valence-corrected chi connectivity index (χ1v) is 12.7. The zero-order valence-electron chi connectivity index (χ0n) is 20.6. The number of piperidine rings is 1. The van der Waals surface area contributed by atoms with Gasteiger partial charge in [-0.15, -0.1) is 0 Å². The molecule has 0 radical (unpaired) electrons. The van der Waals surface area contributed by atoms with Crippen LogP contribution in [0.15, 0.2) is 61.4 Å². The third-order valence-corrected chi connectivity index (χ3v) is 7.11. The first kappa shape index (κ1) is 21.9. The third kappa shape index (κ3) is 4.07. The van der Waals surface area contributed by atoms with Crippen LogP contribution in [0.1, 0.15) is 30.5 Å². The fraction of sp³-hybridized carbons (Fsp3) is 0.250. The van der Waals surface area contributed by atoms with Gasteiger partial charge in [0, 0.05) is 42.3 Å². The molecule has 6 heterocycles. The van der Waals surface area contributed by atoms with Gasteiger partial charge < -0.3 is 4.98 Å². The minimum atomic E-state index is 0.696. The van der Waals surface area contributed by atoms with Gasteiger partial charge in [0.05, 0.1) is 16.7 Å². The molecule has 1 aliphatic rings. The molecule has 0 atom stereocenters. The third-order valence-electron chi connectivity index (χ3n) is 7.11. The van der Waals surface area contributed by atoms with E-state index >= 15 is 0 Å². The van der Waals surface area contributed by atoms with Crippen molar-refractivity contribution in [2.24, 2.45) is 0 Å². The molecule has 0 aliphatic carbocycles. The summed E-state index contributed by atoms with van der Waals surface area (Å²) in [5.41, 5.74) is 7.79. The van der Waals surface area contributed by atoms with Crippen LogP contribution >= 0.6 is 0 Å². The van der Waals surface area contributed by atoms with Crippen molar-refractivity contribution < 1.29 is 0 Å². The van der Waals surface area contributed by atoms with Gasteiger partial charge in [0.1, 0.15) is 17.5 Å². The Bertz CT molecular complexity index is 1720. The quantitative estimate of drug-likeness (QED) is 0.351. The molecule has 0 bridgehead atoms. The maximum atomic E-state index is 4.91. The number of likely N-dealkylation sites (tertiary alicyclic amines) is 1. The SMILES string of the molecule is Cc1cn(-c2nccc3[nH]c(-c4n[nH]c5ccc(-c6cncc(CN7CCCCC7)c6)cc45)nc23)cn1. The molecule has 37 heavy (non-hydrogen) atoms. The van der Waals surface area contributed by atoms with Gasteiger partial charge in [0.2, 0.25) is 0 Å². The summed E-state index contributed by atoms with van der Waals surface area (Å²) >= 11 is 0. The number of fused-ring (bicyclic) bond motifs is 2. The zero-order valence-corrected chi connectivity index (χ0v) is 20.6. The number of aryl methyl sites for hydroxylation is 1. The summed E-state index contributed by atoms with van der Waals surface area (Å²) in [7, 11) is 0.